The van der Waals surface area contributed by atoms with Crippen LogP contribution in [0, 0.1) is 13.8 Å². The van der Waals surface area contributed by atoms with Gasteiger partial charge in [0, 0.05) is 10.2 Å². The van der Waals surface area contributed by atoms with Gasteiger partial charge in [0.05, 0.1) is 5.69 Å². The Morgan fingerprint density at radius 3 is 2.65 bits per heavy atom. The number of carbonyl (C=O) groups is 1. The van der Waals surface area contributed by atoms with E-state index in [9.17, 15) is 9.90 Å². The number of halogens is 1. The van der Waals surface area contributed by atoms with E-state index in [0.29, 0.717) is 22.3 Å². The molecule has 0 aliphatic rings. The van der Waals surface area contributed by atoms with Crippen LogP contribution in [0.5, 0.6) is 0 Å². The van der Waals surface area contributed by atoms with E-state index < -0.39 is 5.97 Å². The van der Waals surface area contributed by atoms with Crippen molar-refractivity contribution in [3.63, 3.8) is 0 Å². The van der Waals surface area contributed by atoms with Gasteiger partial charge in [0.25, 0.3) is 0 Å². The molecule has 0 aliphatic heterocycles. The molecule has 4 nitrogen and oxygen atoms in total. The molecule has 0 unspecified atom stereocenters. The largest absolute Gasteiger partial charge is 0.478 e. The summed E-state index contributed by atoms with van der Waals surface area (Å²) in [5.41, 5.74) is 1.79. The highest BCUT2D eigenvalue weighted by Gasteiger charge is 2.17. The van der Waals surface area contributed by atoms with Crippen molar-refractivity contribution >= 4 is 33.7 Å². The smallest absolute Gasteiger partial charge is 0.340 e. The Morgan fingerprint density at radius 1 is 1.30 bits per heavy atom. The predicted molar refractivity (Wildman–Crippen MR) is 82.2 cm³/mol. The van der Waals surface area contributed by atoms with E-state index in [1.165, 1.54) is 11.8 Å². The van der Waals surface area contributed by atoms with Crippen LogP contribution >= 0.6 is 27.7 Å². The number of thioether (sulfide) groups is 1. The van der Waals surface area contributed by atoms with Crippen molar-refractivity contribution in [3.8, 4) is 0 Å². The van der Waals surface area contributed by atoms with Crippen LogP contribution in [0.15, 0.2) is 33.8 Å². The molecule has 0 radical (unpaired) electrons. The first-order valence-electron chi connectivity index (χ1n) is 5.93. The zero-order valence-electron chi connectivity index (χ0n) is 11.1. The minimum atomic E-state index is -0.989. The Bertz CT molecular complexity index is 662. The quantitative estimate of drug-likeness (QED) is 0.668. The van der Waals surface area contributed by atoms with E-state index in [1.807, 2.05) is 24.3 Å². The van der Waals surface area contributed by atoms with E-state index in [-0.39, 0.29) is 5.56 Å². The summed E-state index contributed by atoms with van der Waals surface area (Å²) < 4.78 is 1.01. The third-order valence-electron chi connectivity index (χ3n) is 2.70. The number of aromatic nitrogens is 2. The first kappa shape index (κ1) is 15.0. The van der Waals surface area contributed by atoms with Gasteiger partial charge in [0.15, 0.2) is 0 Å². The topological polar surface area (TPSA) is 63.1 Å². The molecule has 2 rings (SSSR count). The van der Waals surface area contributed by atoms with Gasteiger partial charge >= 0.3 is 5.97 Å². The highest BCUT2D eigenvalue weighted by atomic mass is 79.9. The van der Waals surface area contributed by atoms with Gasteiger partial charge in [0.2, 0.25) is 0 Å². The summed E-state index contributed by atoms with van der Waals surface area (Å²) in [6, 6.07) is 7.86. The van der Waals surface area contributed by atoms with E-state index in [0.717, 1.165) is 10.0 Å². The summed E-state index contributed by atoms with van der Waals surface area (Å²) in [4.78, 5) is 19.7. The zero-order valence-corrected chi connectivity index (χ0v) is 13.5. The number of carboxylic acids is 1. The maximum absolute atomic E-state index is 11.3. The Morgan fingerprint density at radius 2 is 2.00 bits per heavy atom. The Kier molecular flexibility index (Phi) is 4.77. The summed E-state index contributed by atoms with van der Waals surface area (Å²) >= 11 is 4.89. The first-order chi connectivity index (χ1) is 9.49. The maximum Gasteiger partial charge on any atom is 0.340 e. The minimum Gasteiger partial charge on any atom is -0.478 e. The fourth-order valence-electron chi connectivity index (χ4n) is 1.79. The van der Waals surface area contributed by atoms with Crippen molar-refractivity contribution in [2.24, 2.45) is 0 Å². The van der Waals surface area contributed by atoms with Crippen LogP contribution in [0.1, 0.15) is 27.4 Å². The van der Waals surface area contributed by atoms with Gasteiger partial charge < -0.3 is 5.11 Å². The first-order valence-corrected chi connectivity index (χ1v) is 7.71. The zero-order chi connectivity index (χ0) is 14.7. The van der Waals surface area contributed by atoms with Gasteiger partial charge in [-0.05, 0) is 25.5 Å². The van der Waals surface area contributed by atoms with E-state index in [1.54, 1.807) is 13.8 Å². The molecule has 20 heavy (non-hydrogen) atoms. The van der Waals surface area contributed by atoms with Crippen molar-refractivity contribution in [1.82, 2.24) is 9.97 Å². The van der Waals surface area contributed by atoms with Crippen LogP contribution < -0.4 is 0 Å². The molecule has 1 heterocycles. The number of hydrogen-bond donors (Lipinski definition) is 1. The molecular formula is C14H13BrN2O2S. The summed E-state index contributed by atoms with van der Waals surface area (Å²) in [5.74, 6) is 0.247. The maximum atomic E-state index is 11.3. The van der Waals surface area contributed by atoms with Crippen molar-refractivity contribution < 1.29 is 9.90 Å². The summed E-state index contributed by atoms with van der Waals surface area (Å²) in [5, 5.41) is 9.80. The molecule has 0 spiro atoms. The van der Waals surface area contributed by atoms with Crippen molar-refractivity contribution in [1.29, 1.82) is 0 Å². The molecule has 0 amide bonds. The van der Waals surface area contributed by atoms with Crippen molar-refractivity contribution in [3.05, 3.63) is 51.4 Å². The molecule has 0 saturated heterocycles. The molecule has 0 bridgehead atoms. The second kappa shape index (κ2) is 6.37. The predicted octanol–water partition coefficient (Wildman–Crippen LogP) is 3.85. The number of rotatable bonds is 4. The van der Waals surface area contributed by atoms with Gasteiger partial charge in [-0.15, -0.1) is 11.8 Å². The van der Waals surface area contributed by atoms with Gasteiger partial charge in [0.1, 0.15) is 16.4 Å². The van der Waals surface area contributed by atoms with Crippen LogP contribution in [0.25, 0.3) is 0 Å². The van der Waals surface area contributed by atoms with Crippen LogP contribution in [-0.4, -0.2) is 21.0 Å². The molecule has 0 saturated carbocycles. The average Bonchev–Trinajstić information content (AvgIpc) is 2.36. The molecule has 0 aliphatic carbocycles. The Hall–Kier alpha value is -1.40. The third-order valence-corrected chi connectivity index (χ3v) is 4.50. The molecular weight excluding hydrogens is 340 g/mol. The number of aryl methyl sites for hydroxylation is 2. The monoisotopic (exact) mass is 352 g/mol. The number of benzene rings is 1. The summed E-state index contributed by atoms with van der Waals surface area (Å²) in [7, 11) is 0. The SMILES string of the molecule is Cc1nc(C)c(C(=O)O)c(SCc2ccccc2Br)n1. The van der Waals surface area contributed by atoms with Crippen molar-refractivity contribution in [2.45, 2.75) is 24.6 Å². The second-order valence-corrected chi connectivity index (χ2v) is 6.04. The van der Waals surface area contributed by atoms with Gasteiger partial charge in [-0.25, -0.2) is 14.8 Å². The fraction of sp³-hybridized carbons (Fsp3) is 0.214. The van der Waals surface area contributed by atoms with Crippen LogP contribution in [0.4, 0.5) is 0 Å². The van der Waals surface area contributed by atoms with E-state index in [2.05, 4.69) is 25.9 Å². The van der Waals surface area contributed by atoms with Crippen LogP contribution in [0.3, 0.4) is 0 Å². The normalized spacial score (nSPS) is 10.6. The molecule has 1 N–H and O–H groups in total. The lowest BCUT2D eigenvalue weighted by Crippen LogP contribution is -2.08. The molecule has 1 aromatic heterocycles. The van der Waals surface area contributed by atoms with E-state index >= 15 is 0 Å². The summed E-state index contributed by atoms with van der Waals surface area (Å²) in [6.07, 6.45) is 0. The third kappa shape index (κ3) is 3.37. The van der Waals surface area contributed by atoms with Crippen LogP contribution in [0.2, 0.25) is 0 Å². The molecule has 2 aromatic rings. The second-order valence-electron chi connectivity index (χ2n) is 4.22. The summed E-state index contributed by atoms with van der Waals surface area (Å²) in [6.45, 7) is 3.46. The lowest BCUT2D eigenvalue weighted by molar-refractivity contribution is 0.0690. The van der Waals surface area contributed by atoms with Crippen molar-refractivity contribution in [2.75, 3.05) is 0 Å². The van der Waals surface area contributed by atoms with Crippen LogP contribution in [-0.2, 0) is 5.75 Å². The molecule has 104 valence electrons. The van der Waals surface area contributed by atoms with Gasteiger partial charge in [-0.1, -0.05) is 34.1 Å². The van der Waals surface area contributed by atoms with Gasteiger partial charge in [-0.3, -0.25) is 0 Å². The standard InChI is InChI=1S/C14H13BrN2O2S/c1-8-12(14(18)19)13(17-9(2)16-8)20-7-10-5-3-4-6-11(10)15/h3-6H,7H2,1-2H3,(H,18,19). The molecule has 0 atom stereocenters. The lowest BCUT2D eigenvalue weighted by Gasteiger charge is -2.09. The molecule has 1 aromatic carbocycles. The minimum absolute atomic E-state index is 0.188. The number of aromatic carboxylic acids is 1. The number of carboxylic acid groups (broad SMARTS) is 1. The number of hydrogen-bond acceptors (Lipinski definition) is 4. The average molecular weight is 353 g/mol. The highest BCUT2D eigenvalue weighted by molar-refractivity contribution is 9.10. The molecule has 0 fully saturated rings. The fourth-order valence-corrected chi connectivity index (χ4v) is 3.52. The van der Waals surface area contributed by atoms with E-state index in [4.69, 9.17) is 0 Å². The Labute approximate surface area is 129 Å². The number of nitrogens with zero attached hydrogens (tertiary/aromatic N) is 2. The molecule has 6 heteroatoms. The lowest BCUT2D eigenvalue weighted by atomic mass is 10.2. The Balaban J connectivity index is 2.30. The van der Waals surface area contributed by atoms with Gasteiger partial charge in [-0.2, -0.15) is 0 Å². The highest BCUT2D eigenvalue weighted by Crippen LogP contribution is 2.28.